The molecule has 0 atom stereocenters. The third-order valence-corrected chi connectivity index (χ3v) is 8.09. The average Bonchev–Trinajstić information content (AvgIpc) is 3.65. The summed E-state index contributed by atoms with van der Waals surface area (Å²) in [4.78, 5) is 38.0. The van der Waals surface area contributed by atoms with Crippen LogP contribution in [0.5, 0.6) is 0 Å². The zero-order chi connectivity index (χ0) is 31.4. The van der Waals surface area contributed by atoms with E-state index in [1.807, 2.05) is 45.9 Å². The summed E-state index contributed by atoms with van der Waals surface area (Å²) < 4.78 is 0. The van der Waals surface area contributed by atoms with E-state index in [1.165, 1.54) is 0 Å². The number of hydrogen-bond acceptors (Lipinski definition) is 3. The SMILES string of the molecule is C=CC1=C(C)/C(=C\c2[nH]c(/C=c3/[nH]/c(=C/c4[nH]c(C=C)c(C)c4C=C)c(C)c3CCC(=O)O)c(CCC(=O)O)c2C)N=C1. The van der Waals surface area contributed by atoms with Crippen LogP contribution in [0, 0.1) is 20.8 Å². The van der Waals surface area contributed by atoms with Gasteiger partial charge in [0.15, 0.2) is 0 Å². The van der Waals surface area contributed by atoms with Crippen molar-refractivity contribution >= 4 is 48.5 Å². The largest absolute Gasteiger partial charge is 0.481 e. The molecule has 0 bridgehead atoms. The van der Waals surface area contributed by atoms with Crippen molar-refractivity contribution in [1.82, 2.24) is 15.0 Å². The van der Waals surface area contributed by atoms with Crippen LogP contribution in [0.3, 0.4) is 0 Å². The number of carboxylic acid groups (broad SMARTS) is 2. The Morgan fingerprint density at radius 3 is 1.93 bits per heavy atom. The first kappa shape index (κ1) is 30.8. The second-order valence-electron chi connectivity index (χ2n) is 10.7. The van der Waals surface area contributed by atoms with Crippen LogP contribution in [0.15, 0.2) is 47.6 Å². The van der Waals surface area contributed by atoms with Crippen LogP contribution >= 0.6 is 0 Å². The molecule has 0 amide bonds. The van der Waals surface area contributed by atoms with Crippen molar-refractivity contribution in [2.45, 2.75) is 53.4 Å². The van der Waals surface area contributed by atoms with Crippen LogP contribution in [-0.4, -0.2) is 43.3 Å². The van der Waals surface area contributed by atoms with Crippen LogP contribution < -0.4 is 10.7 Å². The van der Waals surface area contributed by atoms with E-state index in [0.29, 0.717) is 12.8 Å². The molecule has 0 saturated carbocycles. The molecule has 222 valence electrons. The van der Waals surface area contributed by atoms with Gasteiger partial charge < -0.3 is 25.2 Å². The highest BCUT2D eigenvalue weighted by Gasteiger charge is 2.17. The number of aliphatic carboxylic acids is 2. The molecule has 5 N–H and O–H groups in total. The summed E-state index contributed by atoms with van der Waals surface area (Å²) in [5.41, 5.74) is 11.8. The summed E-state index contributed by atoms with van der Waals surface area (Å²) in [5.74, 6) is -1.76. The number of nitrogens with zero attached hydrogens (tertiary/aromatic N) is 1. The highest BCUT2D eigenvalue weighted by atomic mass is 16.4. The van der Waals surface area contributed by atoms with Gasteiger partial charge in [0, 0.05) is 58.1 Å². The summed E-state index contributed by atoms with van der Waals surface area (Å²) in [7, 11) is 0. The number of carboxylic acids is 2. The van der Waals surface area contributed by atoms with Gasteiger partial charge in [-0.1, -0.05) is 31.9 Å². The van der Waals surface area contributed by atoms with Crippen LogP contribution in [0.25, 0.3) is 30.4 Å². The molecule has 0 unspecified atom stereocenters. The third kappa shape index (κ3) is 6.38. The molecule has 3 aromatic rings. The summed E-state index contributed by atoms with van der Waals surface area (Å²) in [6, 6.07) is 0. The Kier molecular flexibility index (Phi) is 9.19. The quantitative estimate of drug-likeness (QED) is 0.194. The van der Waals surface area contributed by atoms with Crippen molar-refractivity contribution in [3.05, 3.63) is 110 Å². The summed E-state index contributed by atoms with van der Waals surface area (Å²) >= 11 is 0. The van der Waals surface area contributed by atoms with Crippen LogP contribution in [0.2, 0.25) is 0 Å². The third-order valence-electron chi connectivity index (χ3n) is 8.09. The van der Waals surface area contributed by atoms with Gasteiger partial charge in [-0.2, -0.15) is 0 Å². The topological polar surface area (TPSA) is 134 Å². The second-order valence-corrected chi connectivity index (χ2v) is 10.7. The predicted molar refractivity (Wildman–Crippen MR) is 174 cm³/mol. The van der Waals surface area contributed by atoms with Crippen LogP contribution in [-0.2, 0) is 22.4 Å². The maximum Gasteiger partial charge on any atom is 0.303 e. The van der Waals surface area contributed by atoms with Gasteiger partial charge in [-0.3, -0.25) is 14.6 Å². The fourth-order valence-corrected chi connectivity index (χ4v) is 5.49. The molecule has 0 saturated heterocycles. The summed E-state index contributed by atoms with van der Waals surface area (Å²) in [5, 5.41) is 20.5. The van der Waals surface area contributed by atoms with Gasteiger partial charge in [0.25, 0.3) is 0 Å². The first-order chi connectivity index (χ1) is 20.5. The lowest BCUT2D eigenvalue weighted by molar-refractivity contribution is -0.138. The maximum atomic E-state index is 11.6. The highest BCUT2D eigenvalue weighted by Crippen LogP contribution is 2.28. The first-order valence-electron chi connectivity index (χ1n) is 14.1. The molecular weight excluding hydrogens is 540 g/mol. The number of aromatic amines is 3. The molecule has 4 heterocycles. The molecule has 8 nitrogen and oxygen atoms in total. The highest BCUT2D eigenvalue weighted by molar-refractivity contribution is 5.90. The van der Waals surface area contributed by atoms with Crippen molar-refractivity contribution in [2.75, 3.05) is 0 Å². The van der Waals surface area contributed by atoms with E-state index in [0.717, 1.165) is 83.7 Å². The number of carbonyl (C=O) groups is 2. The van der Waals surface area contributed by atoms with Gasteiger partial charge in [-0.15, -0.1) is 0 Å². The first-order valence-corrected chi connectivity index (χ1v) is 14.1. The molecule has 1 aliphatic rings. The minimum atomic E-state index is -0.882. The second kappa shape index (κ2) is 12.8. The number of aliphatic imine (C=N–C) groups is 1. The Morgan fingerprint density at radius 1 is 0.721 bits per heavy atom. The molecular formula is C35H38N4O4. The summed E-state index contributed by atoms with van der Waals surface area (Å²) in [6.07, 6.45) is 13.6. The van der Waals surface area contributed by atoms with E-state index >= 15 is 0 Å². The maximum absolute atomic E-state index is 11.6. The Bertz CT molecular complexity index is 1870. The lowest BCUT2D eigenvalue weighted by Crippen LogP contribution is -2.14. The normalized spacial score (nSPS) is 14.7. The van der Waals surface area contributed by atoms with Crippen molar-refractivity contribution in [3.8, 4) is 0 Å². The van der Waals surface area contributed by atoms with Gasteiger partial charge in [-0.25, -0.2) is 0 Å². The minimum Gasteiger partial charge on any atom is -0.481 e. The minimum absolute atomic E-state index is 0.0238. The van der Waals surface area contributed by atoms with Crippen molar-refractivity contribution < 1.29 is 19.8 Å². The van der Waals surface area contributed by atoms with E-state index < -0.39 is 11.9 Å². The van der Waals surface area contributed by atoms with E-state index in [1.54, 1.807) is 24.4 Å². The van der Waals surface area contributed by atoms with Crippen LogP contribution in [0.1, 0.15) is 75.9 Å². The standard InChI is InChI=1S/C35H38N4O4/c1-8-23-18-36-28(19(23)4)15-29-21(6)25(11-13-34(40)41)32(38-29)17-33-26(12-14-35(42)43)22(7)30(39-33)16-31-24(9-2)20(5)27(10-3)37-31/h8-10,15-18,37-39H,1-3,11-14H2,4-7H3,(H,40,41)(H,42,43)/b28-15+,30-16+,33-17+. The van der Waals surface area contributed by atoms with Gasteiger partial charge in [0.2, 0.25) is 0 Å². The summed E-state index contributed by atoms with van der Waals surface area (Å²) in [6.45, 7) is 19.6. The number of aromatic nitrogens is 3. The van der Waals surface area contributed by atoms with E-state index in [4.69, 9.17) is 0 Å². The number of rotatable bonds is 12. The smallest absolute Gasteiger partial charge is 0.303 e. The van der Waals surface area contributed by atoms with Crippen LogP contribution in [0.4, 0.5) is 0 Å². The fourth-order valence-electron chi connectivity index (χ4n) is 5.49. The number of hydrogen-bond donors (Lipinski definition) is 5. The van der Waals surface area contributed by atoms with Crippen molar-refractivity contribution in [1.29, 1.82) is 0 Å². The Hall–Kier alpha value is -5.11. The Labute approximate surface area is 251 Å². The average molecular weight is 579 g/mol. The van der Waals surface area contributed by atoms with Gasteiger partial charge in [0.05, 0.1) is 5.70 Å². The van der Waals surface area contributed by atoms with E-state index in [2.05, 4.69) is 39.7 Å². The number of allylic oxidation sites excluding steroid dienone is 3. The molecule has 0 aliphatic carbocycles. The van der Waals surface area contributed by atoms with Gasteiger partial charge in [0.1, 0.15) is 0 Å². The predicted octanol–water partition coefficient (Wildman–Crippen LogP) is 5.50. The molecule has 0 radical (unpaired) electrons. The molecule has 0 spiro atoms. The van der Waals surface area contributed by atoms with E-state index in [9.17, 15) is 19.8 Å². The Morgan fingerprint density at radius 2 is 1.35 bits per heavy atom. The zero-order valence-electron chi connectivity index (χ0n) is 25.1. The molecule has 3 aromatic heterocycles. The lowest BCUT2D eigenvalue weighted by Gasteiger charge is -2.02. The molecule has 1 aliphatic heterocycles. The molecule has 8 heteroatoms. The van der Waals surface area contributed by atoms with Crippen molar-refractivity contribution in [3.63, 3.8) is 0 Å². The Balaban J connectivity index is 1.94. The fraction of sp³-hybridized carbons (Fsp3) is 0.229. The lowest BCUT2D eigenvalue weighted by atomic mass is 10.0. The van der Waals surface area contributed by atoms with Crippen molar-refractivity contribution in [2.24, 2.45) is 4.99 Å². The molecule has 43 heavy (non-hydrogen) atoms. The molecule has 0 aromatic carbocycles. The number of nitrogens with one attached hydrogen (secondary N) is 3. The van der Waals surface area contributed by atoms with E-state index in [-0.39, 0.29) is 12.8 Å². The van der Waals surface area contributed by atoms with Gasteiger partial charge in [-0.05, 0) is 104 Å². The zero-order valence-corrected chi connectivity index (χ0v) is 25.1. The monoisotopic (exact) mass is 578 g/mol. The molecule has 4 rings (SSSR count). The number of H-pyrrole nitrogens is 3. The molecule has 0 fully saturated rings. The van der Waals surface area contributed by atoms with Gasteiger partial charge >= 0.3 is 11.9 Å².